The van der Waals surface area contributed by atoms with Crippen molar-refractivity contribution in [3.05, 3.63) is 76.8 Å². The van der Waals surface area contributed by atoms with Crippen molar-refractivity contribution in [3.8, 4) is 0 Å². The summed E-state index contributed by atoms with van der Waals surface area (Å²) in [7, 11) is 1.44. The Morgan fingerprint density at radius 3 is 2.50 bits per heavy atom. The number of amides is 4. The van der Waals surface area contributed by atoms with Crippen LogP contribution in [0.4, 0.5) is 18.0 Å². The highest BCUT2D eigenvalue weighted by molar-refractivity contribution is 6.03. The number of pyridine rings is 1. The van der Waals surface area contributed by atoms with Gasteiger partial charge in [-0.25, -0.2) is 4.79 Å². The number of hydrogen-bond acceptors (Lipinski definition) is 4. The highest BCUT2D eigenvalue weighted by Gasteiger charge is 2.48. The molecule has 0 spiro atoms. The maximum absolute atomic E-state index is 13.8. The van der Waals surface area contributed by atoms with Crippen LogP contribution in [0.1, 0.15) is 36.7 Å². The highest BCUT2D eigenvalue weighted by Crippen LogP contribution is 2.42. The molecule has 1 aromatic carbocycles. The lowest BCUT2D eigenvalue weighted by molar-refractivity contribution is -0.139. The molecule has 0 bridgehead atoms. The average Bonchev–Trinajstić information content (AvgIpc) is 3.17. The molecule has 0 saturated heterocycles. The Morgan fingerprint density at radius 2 is 1.86 bits per heavy atom. The largest absolute Gasteiger partial charge is 0.416 e. The molecule has 3 heterocycles. The fourth-order valence-corrected chi connectivity index (χ4v) is 4.64. The summed E-state index contributed by atoms with van der Waals surface area (Å²) in [5.74, 6) is -1.32. The highest BCUT2D eigenvalue weighted by atomic mass is 19.4. The molecule has 4 rings (SSSR count). The third-order valence-corrected chi connectivity index (χ3v) is 6.37. The summed E-state index contributed by atoms with van der Waals surface area (Å²) in [6.45, 7) is 3.63. The standard InChI is InChI=1S/C25H26F3N5O3/c1-14(2)21(22(34)30-12-15-8-6-7-11-29-15)33-13-18-19(23(33)35)20(31-24(36)32(18)3)16-9-4-5-10-17(16)25(26,27)28/h4-11,14,20-21H,12-13H2,1-3H3,(H,30,34)(H,31,36)/t20-,21+/m1/s1. The van der Waals surface area contributed by atoms with E-state index >= 15 is 0 Å². The monoisotopic (exact) mass is 501 g/mol. The van der Waals surface area contributed by atoms with Crippen LogP contribution in [-0.4, -0.2) is 52.3 Å². The fourth-order valence-electron chi connectivity index (χ4n) is 4.64. The van der Waals surface area contributed by atoms with E-state index in [-0.39, 0.29) is 35.8 Å². The molecule has 0 radical (unpaired) electrons. The molecule has 2 atom stereocenters. The molecule has 2 aliphatic heterocycles. The minimum Gasteiger partial charge on any atom is -0.349 e. The van der Waals surface area contributed by atoms with Crippen molar-refractivity contribution in [1.29, 1.82) is 0 Å². The third-order valence-electron chi connectivity index (χ3n) is 6.37. The van der Waals surface area contributed by atoms with Gasteiger partial charge in [0.1, 0.15) is 6.04 Å². The van der Waals surface area contributed by atoms with Gasteiger partial charge in [0.15, 0.2) is 0 Å². The molecular weight excluding hydrogens is 475 g/mol. The van der Waals surface area contributed by atoms with E-state index < -0.39 is 41.7 Å². The zero-order chi connectivity index (χ0) is 26.2. The van der Waals surface area contributed by atoms with E-state index in [1.165, 1.54) is 35.0 Å². The normalized spacial score (nSPS) is 18.9. The minimum atomic E-state index is -4.68. The van der Waals surface area contributed by atoms with E-state index in [4.69, 9.17) is 0 Å². The van der Waals surface area contributed by atoms with E-state index in [1.54, 1.807) is 38.2 Å². The van der Waals surface area contributed by atoms with Crippen LogP contribution >= 0.6 is 0 Å². The predicted octanol–water partition coefficient (Wildman–Crippen LogP) is 3.23. The Bertz CT molecular complexity index is 1210. The minimum absolute atomic E-state index is 0.0250. The maximum Gasteiger partial charge on any atom is 0.416 e. The Labute approximate surface area is 206 Å². The van der Waals surface area contributed by atoms with Crippen molar-refractivity contribution in [2.45, 2.75) is 38.7 Å². The summed E-state index contributed by atoms with van der Waals surface area (Å²) in [5.41, 5.74) is -0.232. The van der Waals surface area contributed by atoms with Gasteiger partial charge in [-0.15, -0.1) is 0 Å². The van der Waals surface area contributed by atoms with Crippen LogP contribution in [-0.2, 0) is 22.3 Å². The molecule has 4 amide bonds. The van der Waals surface area contributed by atoms with Crippen LogP contribution in [0.5, 0.6) is 0 Å². The van der Waals surface area contributed by atoms with E-state index in [0.717, 1.165) is 6.07 Å². The summed E-state index contributed by atoms with van der Waals surface area (Å²) in [4.78, 5) is 46.2. The van der Waals surface area contributed by atoms with Crippen molar-refractivity contribution < 1.29 is 27.6 Å². The first-order valence-corrected chi connectivity index (χ1v) is 11.4. The molecular formula is C25H26F3N5O3. The molecule has 2 aliphatic rings. The lowest BCUT2D eigenvalue weighted by atomic mass is 9.91. The van der Waals surface area contributed by atoms with E-state index in [1.807, 2.05) is 0 Å². The van der Waals surface area contributed by atoms with Gasteiger partial charge in [0, 0.05) is 13.2 Å². The SMILES string of the molecule is CC(C)[C@@H](C(=O)NCc1ccccn1)N1CC2=C(C1=O)[C@@H](c1ccccc1C(F)(F)F)NC(=O)N2C. The number of benzene rings is 1. The van der Waals surface area contributed by atoms with Crippen molar-refractivity contribution in [2.75, 3.05) is 13.6 Å². The second-order valence-electron chi connectivity index (χ2n) is 9.05. The summed E-state index contributed by atoms with van der Waals surface area (Å²) in [6.07, 6.45) is -3.08. The van der Waals surface area contributed by atoms with E-state index in [9.17, 15) is 27.6 Å². The summed E-state index contributed by atoms with van der Waals surface area (Å²) < 4.78 is 41.3. The number of nitrogens with zero attached hydrogens (tertiary/aromatic N) is 3. The van der Waals surface area contributed by atoms with Gasteiger partial charge in [-0.3, -0.25) is 19.5 Å². The van der Waals surface area contributed by atoms with Crippen LogP contribution in [0.3, 0.4) is 0 Å². The van der Waals surface area contributed by atoms with Crippen LogP contribution in [0.2, 0.25) is 0 Å². The summed E-state index contributed by atoms with van der Waals surface area (Å²) in [6, 6.07) is 7.29. The number of hydrogen-bond donors (Lipinski definition) is 2. The second-order valence-corrected chi connectivity index (χ2v) is 9.05. The zero-order valence-electron chi connectivity index (χ0n) is 20.0. The lowest BCUT2D eigenvalue weighted by Gasteiger charge is -2.32. The number of carbonyl (C=O) groups is 3. The molecule has 36 heavy (non-hydrogen) atoms. The van der Waals surface area contributed by atoms with Crippen molar-refractivity contribution >= 4 is 17.8 Å². The van der Waals surface area contributed by atoms with Gasteiger partial charge in [-0.1, -0.05) is 38.1 Å². The number of carbonyl (C=O) groups excluding carboxylic acids is 3. The van der Waals surface area contributed by atoms with Gasteiger partial charge in [-0.05, 0) is 29.7 Å². The number of rotatable bonds is 6. The van der Waals surface area contributed by atoms with Crippen LogP contribution < -0.4 is 10.6 Å². The Hall–Kier alpha value is -3.89. The number of halogens is 3. The van der Waals surface area contributed by atoms with Crippen LogP contribution in [0.25, 0.3) is 0 Å². The topological polar surface area (TPSA) is 94.6 Å². The maximum atomic E-state index is 13.8. The first-order valence-electron chi connectivity index (χ1n) is 11.4. The molecule has 190 valence electrons. The second kappa shape index (κ2) is 9.63. The van der Waals surface area contributed by atoms with E-state index in [2.05, 4.69) is 15.6 Å². The number of aromatic nitrogens is 1. The van der Waals surface area contributed by atoms with Gasteiger partial charge < -0.3 is 15.5 Å². The van der Waals surface area contributed by atoms with Crippen molar-refractivity contribution in [1.82, 2.24) is 25.4 Å². The summed E-state index contributed by atoms with van der Waals surface area (Å²) >= 11 is 0. The lowest BCUT2D eigenvalue weighted by Crippen LogP contribution is -2.51. The Kier molecular flexibility index (Phi) is 6.75. The van der Waals surface area contributed by atoms with Crippen molar-refractivity contribution in [3.63, 3.8) is 0 Å². The zero-order valence-corrected chi connectivity index (χ0v) is 20.0. The first kappa shape index (κ1) is 25.2. The van der Waals surface area contributed by atoms with Gasteiger partial charge in [0.25, 0.3) is 5.91 Å². The van der Waals surface area contributed by atoms with Crippen LogP contribution in [0, 0.1) is 5.92 Å². The van der Waals surface area contributed by atoms with E-state index in [0.29, 0.717) is 5.69 Å². The van der Waals surface area contributed by atoms with Gasteiger partial charge in [-0.2, -0.15) is 13.2 Å². The quantitative estimate of drug-likeness (QED) is 0.636. The van der Waals surface area contributed by atoms with Gasteiger partial charge in [0.05, 0.1) is 41.7 Å². The molecule has 11 heteroatoms. The van der Waals surface area contributed by atoms with Crippen molar-refractivity contribution in [2.24, 2.45) is 5.92 Å². The number of nitrogens with one attached hydrogen (secondary N) is 2. The van der Waals surface area contributed by atoms with Crippen LogP contribution in [0.15, 0.2) is 59.9 Å². The molecule has 0 fully saturated rings. The van der Waals surface area contributed by atoms with Gasteiger partial charge in [0.2, 0.25) is 5.91 Å². The molecule has 2 N–H and O–H groups in total. The smallest absolute Gasteiger partial charge is 0.349 e. The fraction of sp³-hybridized carbons (Fsp3) is 0.360. The molecule has 1 aromatic heterocycles. The molecule has 0 aliphatic carbocycles. The Morgan fingerprint density at radius 1 is 1.17 bits per heavy atom. The Balaban J connectivity index is 1.66. The first-order chi connectivity index (χ1) is 17.0. The predicted molar refractivity (Wildman–Crippen MR) is 124 cm³/mol. The molecule has 0 unspecified atom stereocenters. The molecule has 0 saturated carbocycles. The third kappa shape index (κ3) is 4.65. The average molecular weight is 502 g/mol. The number of alkyl halides is 3. The number of likely N-dealkylation sites (N-methyl/N-ethyl adjacent to an activating group) is 1. The number of urea groups is 1. The molecule has 2 aromatic rings. The summed E-state index contributed by atoms with van der Waals surface area (Å²) in [5, 5.41) is 5.33. The molecule has 8 nitrogen and oxygen atoms in total. The van der Waals surface area contributed by atoms with Gasteiger partial charge >= 0.3 is 12.2 Å².